The summed E-state index contributed by atoms with van der Waals surface area (Å²) < 4.78 is 0. The topological polar surface area (TPSA) is 40.9 Å². The fraction of sp³-hybridized carbons (Fsp3) is 0.111. The number of alkyl halides is 1. The number of carbonyl (C=O) groups is 1. The molecule has 0 unspecified atom stereocenters. The second-order valence-electron chi connectivity index (χ2n) is 2.48. The Morgan fingerprint density at radius 2 is 2.14 bits per heavy atom. The van der Waals surface area contributed by atoms with Gasteiger partial charge in [-0.25, -0.2) is 0 Å². The van der Waals surface area contributed by atoms with Gasteiger partial charge in [0.15, 0.2) is 5.78 Å². The Bertz CT molecular complexity index is 426. The Hall–Kier alpha value is -0.560. The van der Waals surface area contributed by atoms with Gasteiger partial charge in [0.1, 0.15) is 6.07 Å². The molecule has 0 saturated carbocycles. The number of hydrogen-bond donors (Lipinski definition) is 0. The van der Waals surface area contributed by atoms with Gasteiger partial charge < -0.3 is 0 Å². The maximum absolute atomic E-state index is 11.4. The van der Waals surface area contributed by atoms with Crippen LogP contribution in [0.1, 0.15) is 15.9 Å². The molecule has 5 heteroatoms. The Balaban J connectivity index is 3.38. The van der Waals surface area contributed by atoms with Crippen LogP contribution < -0.4 is 0 Å². The van der Waals surface area contributed by atoms with Gasteiger partial charge in [-0.3, -0.25) is 4.79 Å². The summed E-state index contributed by atoms with van der Waals surface area (Å²) in [4.78, 5) is 11.4. The van der Waals surface area contributed by atoms with Gasteiger partial charge in [0.2, 0.25) is 0 Å². The van der Waals surface area contributed by atoms with E-state index in [0.717, 1.165) is 0 Å². The van der Waals surface area contributed by atoms with Gasteiger partial charge in [-0.2, -0.15) is 5.26 Å². The normalized spacial score (nSPS) is 9.57. The van der Waals surface area contributed by atoms with E-state index in [1.54, 1.807) is 0 Å². The van der Waals surface area contributed by atoms with Crippen molar-refractivity contribution < 1.29 is 4.79 Å². The summed E-state index contributed by atoms with van der Waals surface area (Å²) in [7, 11) is 0. The van der Waals surface area contributed by atoms with Gasteiger partial charge >= 0.3 is 0 Å². The molecular formula is C9H4BrCl2NO. The Kier molecular flexibility index (Phi) is 3.94. The van der Waals surface area contributed by atoms with Crippen molar-refractivity contribution in [3.63, 3.8) is 0 Å². The van der Waals surface area contributed by atoms with Crippen LogP contribution in [0.4, 0.5) is 0 Å². The summed E-state index contributed by atoms with van der Waals surface area (Å²) in [5, 5.41) is 9.34. The molecule has 14 heavy (non-hydrogen) atoms. The van der Waals surface area contributed by atoms with E-state index in [-0.39, 0.29) is 27.3 Å². The molecule has 72 valence electrons. The molecular weight excluding hydrogens is 289 g/mol. The minimum atomic E-state index is -0.200. The van der Waals surface area contributed by atoms with Crippen LogP contribution >= 0.6 is 39.1 Å². The number of nitrogens with zero attached hydrogens (tertiary/aromatic N) is 1. The average Bonchev–Trinajstić information content (AvgIpc) is 2.19. The van der Waals surface area contributed by atoms with E-state index in [0.29, 0.717) is 5.02 Å². The van der Waals surface area contributed by atoms with E-state index in [1.807, 2.05) is 6.07 Å². The Morgan fingerprint density at radius 3 is 2.64 bits per heavy atom. The number of ketones is 1. The van der Waals surface area contributed by atoms with Crippen LogP contribution in [-0.4, -0.2) is 11.1 Å². The predicted molar refractivity (Wildman–Crippen MR) is 59.3 cm³/mol. The summed E-state index contributed by atoms with van der Waals surface area (Å²) in [6, 6.07) is 4.75. The fourth-order valence-electron chi connectivity index (χ4n) is 0.945. The molecule has 0 heterocycles. The summed E-state index contributed by atoms with van der Waals surface area (Å²) in [6.07, 6.45) is 0. The highest BCUT2D eigenvalue weighted by molar-refractivity contribution is 9.09. The van der Waals surface area contributed by atoms with E-state index in [4.69, 9.17) is 28.5 Å². The summed E-state index contributed by atoms with van der Waals surface area (Å²) >= 11 is 14.6. The lowest BCUT2D eigenvalue weighted by molar-refractivity contribution is 0.102. The minimum Gasteiger partial charge on any atom is -0.293 e. The van der Waals surface area contributed by atoms with Crippen LogP contribution in [0.5, 0.6) is 0 Å². The SMILES string of the molecule is N#Cc1cc(Cl)cc(C(=O)CBr)c1Cl. The molecule has 0 spiro atoms. The van der Waals surface area contributed by atoms with E-state index < -0.39 is 0 Å². The maximum Gasteiger partial charge on any atom is 0.174 e. The van der Waals surface area contributed by atoms with E-state index >= 15 is 0 Å². The second-order valence-corrected chi connectivity index (χ2v) is 3.86. The smallest absolute Gasteiger partial charge is 0.174 e. The minimum absolute atomic E-state index is 0.151. The van der Waals surface area contributed by atoms with Crippen LogP contribution in [0.3, 0.4) is 0 Å². The third kappa shape index (κ3) is 2.27. The zero-order valence-corrected chi connectivity index (χ0v) is 9.95. The fourth-order valence-corrected chi connectivity index (χ4v) is 1.72. The largest absolute Gasteiger partial charge is 0.293 e. The quantitative estimate of drug-likeness (QED) is 0.619. The zero-order valence-electron chi connectivity index (χ0n) is 6.85. The first kappa shape index (κ1) is 11.5. The summed E-state index contributed by atoms with van der Waals surface area (Å²) in [5.41, 5.74) is 0.482. The summed E-state index contributed by atoms with van der Waals surface area (Å²) in [5.74, 6) is -0.200. The molecule has 0 fully saturated rings. The van der Waals surface area contributed by atoms with Crippen molar-refractivity contribution in [3.8, 4) is 6.07 Å². The van der Waals surface area contributed by atoms with E-state index in [1.165, 1.54) is 12.1 Å². The molecule has 0 aromatic heterocycles. The number of halogens is 3. The van der Waals surface area contributed by atoms with Crippen LogP contribution in [0, 0.1) is 11.3 Å². The molecule has 0 amide bonds. The monoisotopic (exact) mass is 291 g/mol. The zero-order chi connectivity index (χ0) is 10.7. The third-order valence-electron chi connectivity index (χ3n) is 1.58. The highest BCUT2D eigenvalue weighted by Crippen LogP contribution is 2.26. The Morgan fingerprint density at radius 1 is 1.50 bits per heavy atom. The van der Waals surface area contributed by atoms with Crippen molar-refractivity contribution >= 4 is 44.9 Å². The molecule has 0 aliphatic carbocycles. The molecule has 0 bridgehead atoms. The number of hydrogen-bond acceptors (Lipinski definition) is 2. The first-order valence-electron chi connectivity index (χ1n) is 3.58. The molecule has 1 aromatic carbocycles. The Labute approximate surface area is 99.6 Å². The highest BCUT2D eigenvalue weighted by Gasteiger charge is 2.13. The average molecular weight is 293 g/mol. The number of benzene rings is 1. The molecule has 0 radical (unpaired) electrons. The van der Waals surface area contributed by atoms with Crippen LogP contribution in [-0.2, 0) is 0 Å². The molecule has 0 atom stereocenters. The molecule has 0 saturated heterocycles. The molecule has 0 aliphatic heterocycles. The van der Waals surface area contributed by atoms with Gasteiger partial charge in [0.25, 0.3) is 0 Å². The van der Waals surface area contributed by atoms with Crippen LogP contribution in [0.2, 0.25) is 10.0 Å². The number of nitriles is 1. The third-order valence-corrected chi connectivity index (χ3v) is 2.71. The standard InChI is InChI=1S/C9H4BrCl2NO/c10-3-8(14)7-2-6(11)1-5(4-13)9(7)12/h1-2H,3H2. The van der Waals surface area contributed by atoms with Crippen molar-refractivity contribution in [2.45, 2.75) is 0 Å². The van der Waals surface area contributed by atoms with Crippen molar-refractivity contribution in [2.24, 2.45) is 0 Å². The van der Waals surface area contributed by atoms with Crippen molar-refractivity contribution in [1.29, 1.82) is 5.26 Å². The van der Waals surface area contributed by atoms with Crippen LogP contribution in [0.15, 0.2) is 12.1 Å². The lowest BCUT2D eigenvalue weighted by Gasteiger charge is -2.03. The lowest BCUT2D eigenvalue weighted by atomic mass is 10.1. The number of rotatable bonds is 2. The van der Waals surface area contributed by atoms with Gasteiger partial charge in [-0.05, 0) is 12.1 Å². The molecule has 2 nitrogen and oxygen atoms in total. The first-order valence-corrected chi connectivity index (χ1v) is 5.46. The van der Waals surface area contributed by atoms with Gasteiger partial charge in [-0.1, -0.05) is 39.1 Å². The van der Waals surface area contributed by atoms with Crippen molar-refractivity contribution in [1.82, 2.24) is 0 Å². The molecule has 1 rings (SSSR count). The second kappa shape index (κ2) is 4.79. The van der Waals surface area contributed by atoms with Crippen molar-refractivity contribution in [3.05, 3.63) is 33.3 Å². The summed E-state index contributed by atoms with van der Waals surface area (Å²) in [6.45, 7) is 0. The van der Waals surface area contributed by atoms with E-state index in [2.05, 4.69) is 15.9 Å². The molecule has 0 N–H and O–H groups in total. The molecule has 0 aliphatic rings. The van der Waals surface area contributed by atoms with E-state index in [9.17, 15) is 4.79 Å². The lowest BCUT2D eigenvalue weighted by Crippen LogP contribution is -2.02. The first-order chi connectivity index (χ1) is 6.60. The highest BCUT2D eigenvalue weighted by atomic mass is 79.9. The van der Waals surface area contributed by atoms with Crippen molar-refractivity contribution in [2.75, 3.05) is 5.33 Å². The maximum atomic E-state index is 11.4. The predicted octanol–water partition coefficient (Wildman–Crippen LogP) is 3.44. The van der Waals surface area contributed by atoms with Crippen LogP contribution in [0.25, 0.3) is 0 Å². The van der Waals surface area contributed by atoms with Gasteiger partial charge in [-0.15, -0.1) is 0 Å². The molecule has 1 aromatic rings. The van der Waals surface area contributed by atoms with Gasteiger partial charge in [0.05, 0.1) is 15.9 Å². The number of carbonyl (C=O) groups excluding carboxylic acids is 1. The number of Topliss-reactive ketones (excluding diaryl/α,β-unsaturated/α-hetero) is 1. The van der Waals surface area contributed by atoms with Gasteiger partial charge in [0, 0.05) is 10.6 Å².